The Kier molecular flexibility index (Phi) is 6.58. The second-order valence-corrected chi connectivity index (χ2v) is 9.01. The lowest BCUT2D eigenvalue weighted by Gasteiger charge is -2.18. The maximum atomic E-state index is 13.4. The third-order valence-electron chi connectivity index (χ3n) is 5.68. The molecule has 0 atom stereocenters. The number of rotatable bonds is 7. The van der Waals surface area contributed by atoms with Gasteiger partial charge in [0.05, 0.1) is 5.75 Å². The van der Waals surface area contributed by atoms with Crippen LogP contribution in [0.4, 0.5) is 15.8 Å². The van der Waals surface area contributed by atoms with Crippen LogP contribution < -0.4 is 10.2 Å². The van der Waals surface area contributed by atoms with Crippen molar-refractivity contribution in [2.75, 3.05) is 29.1 Å². The van der Waals surface area contributed by atoms with Crippen molar-refractivity contribution in [3.8, 4) is 17.1 Å². The Morgan fingerprint density at radius 3 is 2.41 bits per heavy atom. The van der Waals surface area contributed by atoms with Gasteiger partial charge >= 0.3 is 0 Å². The minimum atomic E-state index is -0.311. The standard InChI is InChI=1S/C26H24FN5OS/c27-20-13-11-19(12-14-20)25-29-30-26(32(25)22-8-2-1-3-9-22)34-18-24(33)28-21-7-6-10-23(17-21)31-15-4-5-16-31/h1-3,6-14,17H,4-5,15-16,18H2,(H,28,33). The van der Waals surface area contributed by atoms with E-state index in [1.165, 1.54) is 36.7 Å². The Morgan fingerprint density at radius 1 is 0.912 bits per heavy atom. The molecule has 34 heavy (non-hydrogen) atoms. The van der Waals surface area contributed by atoms with Crippen LogP contribution in [0.15, 0.2) is 84.0 Å². The fourth-order valence-corrected chi connectivity index (χ4v) is 4.79. The SMILES string of the molecule is O=C(CSc1nnc(-c2ccc(F)cc2)n1-c1ccccc1)Nc1cccc(N2CCCC2)c1. The van der Waals surface area contributed by atoms with E-state index in [-0.39, 0.29) is 17.5 Å². The van der Waals surface area contributed by atoms with E-state index in [0.717, 1.165) is 35.7 Å². The van der Waals surface area contributed by atoms with Crippen LogP contribution in [0, 0.1) is 5.82 Å². The molecular weight excluding hydrogens is 449 g/mol. The second-order valence-electron chi connectivity index (χ2n) is 8.07. The molecule has 0 saturated carbocycles. The van der Waals surface area contributed by atoms with Crippen molar-refractivity contribution in [3.05, 3.63) is 84.7 Å². The molecule has 1 fully saturated rings. The molecule has 3 aromatic carbocycles. The van der Waals surface area contributed by atoms with Crippen LogP contribution in [0.1, 0.15) is 12.8 Å². The van der Waals surface area contributed by atoms with Gasteiger partial charge in [-0.2, -0.15) is 0 Å². The number of amides is 1. The fourth-order valence-electron chi connectivity index (χ4n) is 4.04. The Bertz CT molecular complexity index is 1270. The summed E-state index contributed by atoms with van der Waals surface area (Å²) < 4.78 is 15.3. The number of anilines is 2. The summed E-state index contributed by atoms with van der Waals surface area (Å²) in [5.74, 6) is 0.346. The Balaban J connectivity index is 1.33. The second kappa shape index (κ2) is 10.1. The van der Waals surface area contributed by atoms with Gasteiger partial charge < -0.3 is 10.2 Å². The van der Waals surface area contributed by atoms with E-state index in [1.807, 2.05) is 53.1 Å². The van der Waals surface area contributed by atoms with Crippen LogP contribution >= 0.6 is 11.8 Å². The molecule has 8 heteroatoms. The normalized spacial score (nSPS) is 13.3. The maximum Gasteiger partial charge on any atom is 0.234 e. The highest BCUT2D eigenvalue weighted by Crippen LogP contribution is 2.28. The summed E-state index contributed by atoms with van der Waals surface area (Å²) in [6.07, 6.45) is 2.41. The number of thioether (sulfide) groups is 1. The minimum absolute atomic E-state index is 0.116. The number of hydrogen-bond acceptors (Lipinski definition) is 5. The zero-order valence-electron chi connectivity index (χ0n) is 18.5. The lowest BCUT2D eigenvalue weighted by atomic mass is 10.2. The molecule has 0 unspecified atom stereocenters. The van der Waals surface area contributed by atoms with Crippen molar-refractivity contribution in [3.63, 3.8) is 0 Å². The predicted octanol–water partition coefficient (Wildman–Crippen LogP) is 5.40. The Morgan fingerprint density at radius 2 is 1.65 bits per heavy atom. The first-order valence-electron chi connectivity index (χ1n) is 11.2. The molecule has 1 aromatic heterocycles. The molecule has 1 amide bonds. The van der Waals surface area contributed by atoms with Gasteiger partial charge in [-0.3, -0.25) is 9.36 Å². The van der Waals surface area contributed by atoms with Gasteiger partial charge in [-0.1, -0.05) is 36.0 Å². The number of carbonyl (C=O) groups is 1. The van der Waals surface area contributed by atoms with E-state index >= 15 is 0 Å². The van der Waals surface area contributed by atoms with Gasteiger partial charge in [0.15, 0.2) is 11.0 Å². The van der Waals surface area contributed by atoms with Crippen molar-refractivity contribution in [2.45, 2.75) is 18.0 Å². The third-order valence-corrected chi connectivity index (χ3v) is 6.61. The summed E-state index contributed by atoms with van der Waals surface area (Å²) in [5, 5.41) is 12.3. The van der Waals surface area contributed by atoms with E-state index in [4.69, 9.17) is 0 Å². The average molecular weight is 474 g/mol. The number of nitrogens with one attached hydrogen (secondary N) is 1. The molecule has 2 heterocycles. The van der Waals surface area contributed by atoms with Crippen LogP contribution in [0.2, 0.25) is 0 Å². The molecule has 0 radical (unpaired) electrons. The first-order chi connectivity index (χ1) is 16.7. The number of benzene rings is 3. The highest BCUT2D eigenvalue weighted by molar-refractivity contribution is 7.99. The van der Waals surface area contributed by atoms with Gasteiger partial charge in [0.25, 0.3) is 0 Å². The molecule has 0 spiro atoms. The summed E-state index contributed by atoms with van der Waals surface area (Å²) in [5.41, 5.74) is 3.53. The van der Waals surface area contributed by atoms with Gasteiger partial charge in [-0.25, -0.2) is 4.39 Å². The van der Waals surface area contributed by atoms with Gasteiger partial charge in [0.1, 0.15) is 5.82 Å². The van der Waals surface area contributed by atoms with Crippen molar-refractivity contribution in [2.24, 2.45) is 0 Å². The summed E-state index contributed by atoms with van der Waals surface area (Å²) in [4.78, 5) is 15.1. The van der Waals surface area contributed by atoms with Crippen molar-refractivity contribution >= 4 is 29.0 Å². The number of hydrogen-bond donors (Lipinski definition) is 1. The molecule has 1 aliphatic rings. The molecule has 1 N–H and O–H groups in total. The number of carbonyl (C=O) groups excluding carboxylic acids is 1. The lowest BCUT2D eigenvalue weighted by molar-refractivity contribution is -0.113. The average Bonchev–Trinajstić information content (AvgIpc) is 3.55. The van der Waals surface area contributed by atoms with Gasteiger partial charge in [0.2, 0.25) is 5.91 Å². The van der Waals surface area contributed by atoms with E-state index in [2.05, 4.69) is 26.5 Å². The molecule has 6 nitrogen and oxygen atoms in total. The first kappa shape index (κ1) is 22.2. The van der Waals surface area contributed by atoms with Gasteiger partial charge in [-0.15, -0.1) is 10.2 Å². The molecule has 0 bridgehead atoms. The van der Waals surface area contributed by atoms with E-state index in [0.29, 0.717) is 11.0 Å². The largest absolute Gasteiger partial charge is 0.371 e. The van der Waals surface area contributed by atoms with E-state index < -0.39 is 0 Å². The fraction of sp³-hybridized carbons (Fsp3) is 0.192. The third kappa shape index (κ3) is 4.97. The van der Waals surface area contributed by atoms with Crippen LogP contribution in [0.3, 0.4) is 0 Å². The van der Waals surface area contributed by atoms with Crippen LogP contribution in [-0.2, 0) is 4.79 Å². The van der Waals surface area contributed by atoms with E-state index in [1.54, 1.807) is 12.1 Å². The summed E-state index contributed by atoms with van der Waals surface area (Å²) >= 11 is 1.31. The lowest BCUT2D eigenvalue weighted by Crippen LogP contribution is -2.18. The molecule has 172 valence electrons. The van der Waals surface area contributed by atoms with Crippen LogP contribution in [0.25, 0.3) is 17.1 Å². The number of aromatic nitrogens is 3. The summed E-state index contributed by atoms with van der Waals surface area (Å²) in [6, 6.07) is 23.8. The van der Waals surface area contributed by atoms with Crippen molar-refractivity contribution in [1.82, 2.24) is 14.8 Å². The van der Waals surface area contributed by atoms with Crippen molar-refractivity contribution < 1.29 is 9.18 Å². The van der Waals surface area contributed by atoms with Crippen molar-refractivity contribution in [1.29, 1.82) is 0 Å². The molecule has 5 rings (SSSR count). The monoisotopic (exact) mass is 473 g/mol. The quantitative estimate of drug-likeness (QED) is 0.364. The van der Waals surface area contributed by atoms with Crippen LogP contribution in [0.5, 0.6) is 0 Å². The molecular formula is C26H24FN5OS. The first-order valence-corrected chi connectivity index (χ1v) is 12.2. The number of para-hydroxylation sites is 1. The molecule has 0 aliphatic carbocycles. The highest BCUT2D eigenvalue weighted by atomic mass is 32.2. The summed E-state index contributed by atoms with van der Waals surface area (Å²) in [7, 11) is 0. The zero-order valence-corrected chi connectivity index (χ0v) is 19.3. The maximum absolute atomic E-state index is 13.4. The topological polar surface area (TPSA) is 63.1 Å². The molecule has 1 aliphatic heterocycles. The number of nitrogens with zero attached hydrogens (tertiary/aromatic N) is 4. The predicted molar refractivity (Wildman–Crippen MR) is 134 cm³/mol. The highest BCUT2D eigenvalue weighted by Gasteiger charge is 2.18. The van der Waals surface area contributed by atoms with Crippen LogP contribution in [-0.4, -0.2) is 39.5 Å². The van der Waals surface area contributed by atoms with Gasteiger partial charge in [-0.05, 0) is 67.4 Å². The molecule has 4 aromatic rings. The minimum Gasteiger partial charge on any atom is -0.371 e. The zero-order chi connectivity index (χ0) is 23.3. The Labute approximate surface area is 201 Å². The Hall–Kier alpha value is -3.65. The smallest absolute Gasteiger partial charge is 0.234 e. The summed E-state index contributed by atoms with van der Waals surface area (Å²) in [6.45, 7) is 2.11. The van der Waals surface area contributed by atoms with E-state index in [9.17, 15) is 9.18 Å². The number of halogens is 1. The van der Waals surface area contributed by atoms with Gasteiger partial charge in [0, 0.05) is 35.7 Å². The molecule has 1 saturated heterocycles.